The van der Waals surface area contributed by atoms with Crippen molar-refractivity contribution in [1.29, 1.82) is 0 Å². The number of rotatable bonds is 5. The number of phenols is 1. The standard InChI is InChI=1S/C23H17Cl2I2NO4/c1-11-7-16(23(2,22(31)32)12-3-5-13(24)6-4-12)17(25)10-19(11)28-21(30)15-8-14(26)9-18(27)20(15)29/h3-10,29H,1-2H3,(H,28,30)(H,31,32). The molecule has 0 aliphatic rings. The van der Waals surface area contributed by atoms with E-state index in [1.54, 1.807) is 56.3 Å². The number of hydrogen-bond acceptors (Lipinski definition) is 3. The number of carbonyl (C=O) groups is 2. The van der Waals surface area contributed by atoms with Crippen LogP contribution in [-0.4, -0.2) is 22.1 Å². The number of aliphatic carboxylic acids is 1. The molecule has 0 heterocycles. The van der Waals surface area contributed by atoms with E-state index in [1.807, 2.05) is 22.6 Å². The highest BCUT2D eigenvalue weighted by atomic mass is 127. The van der Waals surface area contributed by atoms with E-state index in [4.69, 9.17) is 23.2 Å². The number of halogens is 4. The monoisotopic (exact) mass is 695 g/mol. The summed E-state index contributed by atoms with van der Waals surface area (Å²) < 4.78 is 1.37. The second-order valence-corrected chi connectivity index (χ2v) is 10.6. The molecule has 166 valence electrons. The lowest BCUT2D eigenvalue weighted by atomic mass is 9.75. The smallest absolute Gasteiger partial charge is 0.318 e. The summed E-state index contributed by atoms with van der Waals surface area (Å²) in [6, 6.07) is 13.1. The number of amides is 1. The predicted octanol–water partition coefficient (Wildman–Crippen LogP) is 6.86. The summed E-state index contributed by atoms with van der Waals surface area (Å²) in [5, 5.41) is 23.8. The summed E-state index contributed by atoms with van der Waals surface area (Å²) in [6.07, 6.45) is 0. The van der Waals surface area contributed by atoms with Crippen LogP contribution in [0.4, 0.5) is 5.69 Å². The van der Waals surface area contributed by atoms with Crippen LogP contribution in [0.25, 0.3) is 0 Å². The molecule has 1 unspecified atom stereocenters. The molecule has 0 saturated heterocycles. The second kappa shape index (κ2) is 9.74. The van der Waals surface area contributed by atoms with Crippen LogP contribution in [0.5, 0.6) is 5.75 Å². The van der Waals surface area contributed by atoms with E-state index in [-0.39, 0.29) is 16.3 Å². The van der Waals surface area contributed by atoms with Gasteiger partial charge in [-0.3, -0.25) is 9.59 Å². The number of benzene rings is 3. The van der Waals surface area contributed by atoms with Gasteiger partial charge < -0.3 is 15.5 Å². The van der Waals surface area contributed by atoms with Gasteiger partial charge in [-0.1, -0.05) is 41.4 Å². The number of hydrogen-bond donors (Lipinski definition) is 3. The maximum absolute atomic E-state index is 12.8. The van der Waals surface area contributed by atoms with Crippen molar-refractivity contribution in [1.82, 2.24) is 0 Å². The molecule has 0 radical (unpaired) electrons. The minimum atomic E-state index is -1.43. The Hall–Kier alpha value is -1.56. The number of aryl methyl sites for hydroxylation is 1. The van der Waals surface area contributed by atoms with Gasteiger partial charge in [0.1, 0.15) is 11.2 Å². The molecule has 0 aliphatic carbocycles. The van der Waals surface area contributed by atoms with Gasteiger partial charge in [-0.25, -0.2) is 0 Å². The topological polar surface area (TPSA) is 86.6 Å². The molecular weight excluding hydrogens is 679 g/mol. The fourth-order valence-corrected chi connectivity index (χ4v) is 5.63. The van der Waals surface area contributed by atoms with E-state index in [0.29, 0.717) is 31.0 Å². The van der Waals surface area contributed by atoms with E-state index < -0.39 is 17.3 Å². The zero-order valence-electron chi connectivity index (χ0n) is 16.8. The summed E-state index contributed by atoms with van der Waals surface area (Å²) in [6.45, 7) is 3.32. The van der Waals surface area contributed by atoms with Crippen LogP contribution in [0, 0.1) is 14.1 Å². The van der Waals surface area contributed by atoms with Crippen molar-refractivity contribution in [2.45, 2.75) is 19.3 Å². The molecule has 32 heavy (non-hydrogen) atoms. The molecule has 0 aliphatic heterocycles. The summed E-state index contributed by atoms with van der Waals surface area (Å²) in [5.74, 6) is -1.68. The molecule has 5 nitrogen and oxygen atoms in total. The number of aromatic hydroxyl groups is 1. The first-order valence-corrected chi connectivity index (χ1v) is 12.2. The number of anilines is 1. The van der Waals surface area contributed by atoms with Gasteiger partial charge >= 0.3 is 5.97 Å². The largest absolute Gasteiger partial charge is 0.506 e. The number of carbonyl (C=O) groups excluding carboxylic acids is 1. The van der Waals surface area contributed by atoms with Crippen molar-refractivity contribution >= 4 is 85.9 Å². The van der Waals surface area contributed by atoms with Crippen LogP contribution < -0.4 is 5.32 Å². The Morgan fingerprint density at radius 1 is 1.03 bits per heavy atom. The van der Waals surface area contributed by atoms with E-state index >= 15 is 0 Å². The first-order valence-electron chi connectivity index (χ1n) is 9.24. The Morgan fingerprint density at radius 2 is 1.66 bits per heavy atom. The highest BCUT2D eigenvalue weighted by molar-refractivity contribution is 14.1. The third-order valence-electron chi connectivity index (χ3n) is 5.22. The van der Waals surface area contributed by atoms with Crippen LogP contribution >= 0.6 is 68.4 Å². The lowest BCUT2D eigenvalue weighted by molar-refractivity contribution is -0.141. The van der Waals surface area contributed by atoms with E-state index in [1.165, 1.54) is 6.07 Å². The van der Waals surface area contributed by atoms with Crippen molar-refractivity contribution in [2.24, 2.45) is 0 Å². The number of carboxylic acids is 1. The number of carboxylic acid groups (broad SMARTS) is 1. The zero-order chi connectivity index (χ0) is 23.8. The molecule has 0 aromatic heterocycles. The number of phenolic OH excluding ortho intramolecular Hbond substituents is 1. The van der Waals surface area contributed by atoms with E-state index in [0.717, 1.165) is 3.57 Å². The van der Waals surface area contributed by atoms with Crippen molar-refractivity contribution in [3.05, 3.63) is 88.0 Å². The number of nitrogens with one attached hydrogen (secondary N) is 1. The molecular formula is C23H17Cl2I2NO4. The van der Waals surface area contributed by atoms with E-state index in [2.05, 4.69) is 27.9 Å². The zero-order valence-corrected chi connectivity index (χ0v) is 22.7. The second-order valence-electron chi connectivity index (χ2n) is 7.32. The highest BCUT2D eigenvalue weighted by Crippen LogP contribution is 2.40. The van der Waals surface area contributed by atoms with Gasteiger partial charge in [0.05, 0.1) is 9.13 Å². The van der Waals surface area contributed by atoms with Gasteiger partial charge in [-0.05, 0) is 106 Å². The third kappa shape index (κ3) is 4.85. The maximum Gasteiger partial charge on any atom is 0.318 e. The van der Waals surface area contributed by atoms with Crippen molar-refractivity contribution < 1.29 is 19.8 Å². The van der Waals surface area contributed by atoms with Crippen LogP contribution in [0.2, 0.25) is 10.0 Å². The van der Waals surface area contributed by atoms with Crippen LogP contribution in [-0.2, 0) is 10.2 Å². The van der Waals surface area contributed by atoms with Gasteiger partial charge in [0.15, 0.2) is 0 Å². The Balaban J connectivity index is 2.03. The first-order chi connectivity index (χ1) is 14.9. The molecule has 9 heteroatoms. The minimum Gasteiger partial charge on any atom is -0.506 e. The Bertz CT molecular complexity index is 1230. The lowest BCUT2D eigenvalue weighted by Crippen LogP contribution is -2.34. The van der Waals surface area contributed by atoms with Crippen LogP contribution in [0.3, 0.4) is 0 Å². The van der Waals surface area contributed by atoms with E-state index in [9.17, 15) is 19.8 Å². The molecule has 0 spiro atoms. The normalized spacial score (nSPS) is 12.8. The van der Waals surface area contributed by atoms with Gasteiger partial charge in [0.2, 0.25) is 0 Å². The molecule has 0 saturated carbocycles. The van der Waals surface area contributed by atoms with Gasteiger partial charge in [-0.2, -0.15) is 0 Å². The molecule has 3 aromatic rings. The Kier molecular flexibility index (Phi) is 7.63. The fourth-order valence-electron chi connectivity index (χ4n) is 3.31. The predicted molar refractivity (Wildman–Crippen MR) is 143 cm³/mol. The summed E-state index contributed by atoms with van der Waals surface area (Å²) in [4.78, 5) is 25.1. The summed E-state index contributed by atoms with van der Waals surface area (Å²) >= 11 is 16.5. The minimum absolute atomic E-state index is 0.106. The fraction of sp³-hybridized carbons (Fsp3) is 0.130. The molecule has 0 bridgehead atoms. The molecule has 1 atom stereocenters. The summed E-state index contributed by atoms with van der Waals surface area (Å²) in [7, 11) is 0. The molecule has 3 aromatic carbocycles. The average Bonchev–Trinajstić information content (AvgIpc) is 2.72. The highest BCUT2D eigenvalue weighted by Gasteiger charge is 2.39. The maximum atomic E-state index is 12.8. The SMILES string of the molecule is Cc1cc(C(C)(C(=O)O)c2ccc(Cl)cc2)c(Cl)cc1NC(=O)c1cc(I)cc(I)c1O. The van der Waals surface area contributed by atoms with Crippen molar-refractivity contribution in [2.75, 3.05) is 5.32 Å². The average molecular weight is 696 g/mol. The van der Waals surface area contributed by atoms with Gasteiger partial charge in [0, 0.05) is 19.3 Å². The first kappa shape index (κ1) is 25.1. The van der Waals surface area contributed by atoms with Crippen molar-refractivity contribution in [3.8, 4) is 5.75 Å². The summed E-state index contributed by atoms with van der Waals surface area (Å²) in [5.41, 5.74) is 0.651. The molecule has 3 rings (SSSR count). The van der Waals surface area contributed by atoms with Crippen molar-refractivity contribution in [3.63, 3.8) is 0 Å². The quantitative estimate of drug-likeness (QED) is 0.255. The molecule has 0 fully saturated rings. The third-order valence-corrected chi connectivity index (χ3v) is 7.23. The van der Waals surface area contributed by atoms with Gasteiger partial charge in [0.25, 0.3) is 5.91 Å². The Morgan fingerprint density at radius 3 is 2.25 bits per heavy atom. The lowest BCUT2D eigenvalue weighted by Gasteiger charge is -2.28. The van der Waals surface area contributed by atoms with Gasteiger partial charge in [-0.15, -0.1) is 0 Å². The Labute approximate surface area is 222 Å². The van der Waals surface area contributed by atoms with Crippen LogP contribution in [0.1, 0.15) is 34.0 Å². The molecule has 1 amide bonds. The van der Waals surface area contributed by atoms with Crippen LogP contribution in [0.15, 0.2) is 48.5 Å². The molecule has 3 N–H and O–H groups in total.